The van der Waals surface area contributed by atoms with Crippen LogP contribution in [0.3, 0.4) is 0 Å². The van der Waals surface area contributed by atoms with Gasteiger partial charge in [0.15, 0.2) is 5.65 Å². The minimum atomic E-state index is -0.399. The van der Waals surface area contributed by atoms with Crippen LogP contribution in [-0.2, 0) is 0 Å². The molecule has 2 heterocycles. The van der Waals surface area contributed by atoms with E-state index in [0.717, 1.165) is 26.6 Å². The van der Waals surface area contributed by atoms with Crippen LogP contribution in [0.1, 0.15) is 35.8 Å². The highest BCUT2D eigenvalue weighted by Crippen LogP contribution is 2.37. The van der Waals surface area contributed by atoms with Gasteiger partial charge in [0.2, 0.25) is 0 Å². The van der Waals surface area contributed by atoms with Gasteiger partial charge in [-0.1, -0.05) is 25.6 Å². The third kappa shape index (κ3) is 5.73. The van der Waals surface area contributed by atoms with Gasteiger partial charge in [-0.3, -0.25) is 4.79 Å². The number of nitrogen functional groups attached to an aromatic ring is 1. The van der Waals surface area contributed by atoms with Gasteiger partial charge >= 0.3 is 0 Å². The zero-order valence-corrected chi connectivity index (χ0v) is 21.6. The molecule has 5 rings (SSSR count). The summed E-state index contributed by atoms with van der Waals surface area (Å²) in [4.78, 5) is 28.2. The molecule has 0 saturated carbocycles. The van der Waals surface area contributed by atoms with Crippen molar-refractivity contribution in [2.45, 2.75) is 29.6 Å². The quantitative estimate of drug-likeness (QED) is 0.197. The van der Waals surface area contributed by atoms with Gasteiger partial charge in [-0.2, -0.15) is 0 Å². The van der Waals surface area contributed by atoms with E-state index < -0.39 is 5.82 Å². The van der Waals surface area contributed by atoms with E-state index in [1.54, 1.807) is 11.8 Å². The van der Waals surface area contributed by atoms with E-state index in [1.165, 1.54) is 30.6 Å². The lowest BCUT2D eigenvalue weighted by atomic mass is 10.1. The van der Waals surface area contributed by atoms with Crippen LogP contribution in [0.25, 0.3) is 11.0 Å². The third-order valence-corrected chi connectivity index (χ3v) is 6.90. The predicted molar refractivity (Wildman–Crippen MR) is 150 cm³/mol. The number of carbonyl (C=O) groups is 1. The molecular formula is C29H25FN6OS. The Hall–Kier alpha value is -4.50. The van der Waals surface area contributed by atoms with Crippen molar-refractivity contribution in [1.29, 1.82) is 0 Å². The first-order chi connectivity index (χ1) is 18.4. The summed E-state index contributed by atoms with van der Waals surface area (Å²) < 4.78 is 13.3. The second-order valence-electron chi connectivity index (χ2n) is 8.95. The number of aromatic nitrogens is 3. The first-order valence-electron chi connectivity index (χ1n) is 12.0. The van der Waals surface area contributed by atoms with Crippen molar-refractivity contribution in [2.75, 3.05) is 16.4 Å². The smallest absolute Gasteiger partial charge is 0.255 e. The van der Waals surface area contributed by atoms with E-state index in [1.807, 2.05) is 54.6 Å². The summed E-state index contributed by atoms with van der Waals surface area (Å²) in [7, 11) is 0. The number of hydrogen-bond acceptors (Lipinski definition) is 7. The number of rotatable bonds is 7. The predicted octanol–water partition coefficient (Wildman–Crippen LogP) is 7.02. The topological polar surface area (TPSA) is 106 Å². The molecule has 0 fully saturated rings. The zero-order valence-electron chi connectivity index (χ0n) is 20.8. The molecule has 4 N–H and O–H groups in total. The summed E-state index contributed by atoms with van der Waals surface area (Å²) >= 11 is 1.55. The summed E-state index contributed by atoms with van der Waals surface area (Å²) in [5.41, 5.74) is 9.75. The Kier molecular flexibility index (Phi) is 7.19. The van der Waals surface area contributed by atoms with Gasteiger partial charge in [0.25, 0.3) is 5.91 Å². The second kappa shape index (κ2) is 10.9. The van der Waals surface area contributed by atoms with Crippen LogP contribution in [0.15, 0.2) is 95.0 Å². The average Bonchev–Trinajstić information content (AvgIpc) is 2.91. The molecule has 0 saturated heterocycles. The maximum atomic E-state index is 13.3. The highest BCUT2D eigenvalue weighted by molar-refractivity contribution is 7.99. The van der Waals surface area contributed by atoms with Gasteiger partial charge in [-0.05, 0) is 84.8 Å². The second-order valence-corrected chi connectivity index (χ2v) is 10.1. The molecule has 0 aliphatic rings. The molecule has 7 nitrogen and oxygen atoms in total. The third-order valence-electron chi connectivity index (χ3n) is 5.81. The summed E-state index contributed by atoms with van der Waals surface area (Å²) in [6.45, 7) is 4.17. The number of fused-ring (bicyclic) bond motifs is 1. The van der Waals surface area contributed by atoms with Crippen LogP contribution in [-0.4, -0.2) is 20.9 Å². The van der Waals surface area contributed by atoms with Gasteiger partial charge < -0.3 is 16.4 Å². The Balaban J connectivity index is 1.50. The number of pyridine rings is 1. The Morgan fingerprint density at radius 2 is 1.71 bits per heavy atom. The molecule has 5 aromatic rings. The lowest BCUT2D eigenvalue weighted by molar-refractivity contribution is 0.102. The number of nitrogens with one attached hydrogen (secondary N) is 2. The number of nitrogens with two attached hydrogens (primary N) is 1. The van der Waals surface area contributed by atoms with Crippen molar-refractivity contribution in [2.24, 2.45) is 0 Å². The first kappa shape index (κ1) is 25.2. The fourth-order valence-corrected chi connectivity index (χ4v) is 4.65. The molecule has 38 heavy (non-hydrogen) atoms. The molecular weight excluding hydrogens is 499 g/mol. The number of amides is 1. The molecule has 9 heteroatoms. The lowest BCUT2D eigenvalue weighted by Gasteiger charge is -2.15. The number of anilines is 4. The Bertz CT molecular complexity index is 1610. The van der Waals surface area contributed by atoms with E-state index in [0.29, 0.717) is 28.4 Å². The van der Waals surface area contributed by atoms with Crippen LogP contribution in [0.4, 0.5) is 27.3 Å². The van der Waals surface area contributed by atoms with E-state index in [4.69, 9.17) is 5.73 Å². The average molecular weight is 525 g/mol. The molecule has 0 spiro atoms. The van der Waals surface area contributed by atoms with Crippen LogP contribution >= 0.6 is 11.8 Å². The number of carbonyl (C=O) groups excluding carboxylic acids is 1. The number of halogens is 1. The normalized spacial score (nSPS) is 11.1. The highest BCUT2D eigenvalue weighted by atomic mass is 32.2. The SMILES string of the molecule is CC(C)c1ccc2c(Nc3cc(NC(=O)c4ccc(F)cc4)ccc3Sc3ccc(N)cc3)ncnc2n1. The molecule has 190 valence electrons. The Morgan fingerprint density at radius 1 is 0.947 bits per heavy atom. The van der Waals surface area contributed by atoms with Crippen molar-refractivity contribution < 1.29 is 9.18 Å². The summed E-state index contributed by atoms with van der Waals surface area (Å²) in [5, 5.41) is 7.09. The van der Waals surface area contributed by atoms with Gasteiger partial charge in [0.1, 0.15) is 18.0 Å². The van der Waals surface area contributed by atoms with Crippen LogP contribution < -0.4 is 16.4 Å². The molecule has 0 atom stereocenters. The van der Waals surface area contributed by atoms with Gasteiger partial charge in [0, 0.05) is 32.4 Å². The van der Waals surface area contributed by atoms with Gasteiger partial charge in [-0.15, -0.1) is 0 Å². The fourth-order valence-electron chi connectivity index (χ4n) is 3.77. The summed E-state index contributed by atoms with van der Waals surface area (Å²) in [6.07, 6.45) is 1.48. The van der Waals surface area contributed by atoms with Crippen molar-refractivity contribution >= 4 is 51.6 Å². The maximum absolute atomic E-state index is 13.3. The van der Waals surface area contributed by atoms with Crippen molar-refractivity contribution in [1.82, 2.24) is 15.0 Å². The van der Waals surface area contributed by atoms with Crippen LogP contribution in [0.5, 0.6) is 0 Å². The lowest BCUT2D eigenvalue weighted by Crippen LogP contribution is -2.12. The Labute approximate surface area is 223 Å². The van der Waals surface area contributed by atoms with Gasteiger partial charge in [0.05, 0.1) is 11.1 Å². The molecule has 0 aliphatic heterocycles. The van der Waals surface area contributed by atoms with Crippen molar-refractivity contribution in [3.63, 3.8) is 0 Å². The van der Waals surface area contributed by atoms with E-state index in [-0.39, 0.29) is 11.8 Å². The van der Waals surface area contributed by atoms with Gasteiger partial charge in [-0.25, -0.2) is 19.3 Å². The van der Waals surface area contributed by atoms with Crippen LogP contribution in [0.2, 0.25) is 0 Å². The Morgan fingerprint density at radius 3 is 2.45 bits per heavy atom. The first-order valence-corrected chi connectivity index (χ1v) is 12.8. The largest absolute Gasteiger partial charge is 0.399 e. The van der Waals surface area contributed by atoms with Crippen molar-refractivity contribution in [3.8, 4) is 0 Å². The van der Waals surface area contributed by atoms with E-state index in [9.17, 15) is 9.18 Å². The highest BCUT2D eigenvalue weighted by Gasteiger charge is 2.14. The van der Waals surface area contributed by atoms with E-state index >= 15 is 0 Å². The number of nitrogens with zero attached hydrogens (tertiary/aromatic N) is 3. The number of hydrogen-bond donors (Lipinski definition) is 3. The van der Waals surface area contributed by atoms with E-state index in [2.05, 4.69) is 39.4 Å². The van der Waals surface area contributed by atoms with Crippen LogP contribution in [0, 0.1) is 5.82 Å². The molecule has 0 bridgehead atoms. The molecule has 0 aliphatic carbocycles. The minimum Gasteiger partial charge on any atom is -0.399 e. The zero-order chi connectivity index (χ0) is 26.6. The fraction of sp³-hybridized carbons (Fsp3) is 0.103. The maximum Gasteiger partial charge on any atom is 0.255 e. The molecule has 2 aromatic heterocycles. The standard InChI is InChI=1S/C29H25FN6OS/c1-17(2)24-13-12-23-27(35-24)32-16-33-28(23)36-25-15-21(34-29(37)18-3-5-19(30)6-4-18)9-14-26(25)38-22-10-7-20(31)8-11-22/h3-17H,31H2,1-2H3,(H,34,37)(H,32,33,35,36). The minimum absolute atomic E-state index is 0.273. The summed E-state index contributed by atoms with van der Waals surface area (Å²) in [5.74, 6) is 0.131. The molecule has 0 radical (unpaired) electrons. The molecule has 3 aromatic carbocycles. The van der Waals surface area contributed by atoms with Crippen molar-refractivity contribution in [3.05, 3.63) is 102 Å². The summed E-state index contributed by atoms with van der Waals surface area (Å²) in [6, 6.07) is 22.5. The molecule has 1 amide bonds. The monoisotopic (exact) mass is 524 g/mol. The number of benzene rings is 3. The molecule has 0 unspecified atom stereocenters.